The molecule has 1 aromatic heterocycles. The van der Waals surface area contributed by atoms with Crippen LogP contribution in [0.25, 0.3) is 0 Å². The third-order valence-electron chi connectivity index (χ3n) is 4.03. The van der Waals surface area contributed by atoms with Crippen LogP contribution in [0.5, 0.6) is 0 Å². The van der Waals surface area contributed by atoms with Crippen molar-refractivity contribution in [2.75, 3.05) is 17.2 Å². The number of aromatic nitrogens is 1. The van der Waals surface area contributed by atoms with Crippen molar-refractivity contribution in [1.29, 1.82) is 0 Å². The quantitative estimate of drug-likeness (QED) is 0.848. The van der Waals surface area contributed by atoms with E-state index in [4.69, 9.17) is 11.5 Å². The lowest BCUT2D eigenvalue weighted by molar-refractivity contribution is 0.0995. The molecule has 0 aliphatic carbocycles. The summed E-state index contributed by atoms with van der Waals surface area (Å²) in [4.78, 5) is 17.8. The summed E-state index contributed by atoms with van der Waals surface area (Å²) in [6, 6.07) is 3.64. The maximum Gasteiger partial charge on any atom is 0.267 e. The highest BCUT2D eigenvalue weighted by Gasteiger charge is 2.30. The van der Waals surface area contributed by atoms with Crippen LogP contribution in [-0.4, -0.2) is 23.5 Å². The number of primary amides is 1. The van der Waals surface area contributed by atoms with Gasteiger partial charge in [0.25, 0.3) is 5.91 Å². The van der Waals surface area contributed by atoms with Gasteiger partial charge in [-0.2, -0.15) is 0 Å². The highest BCUT2D eigenvalue weighted by atomic mass is 16.1. The van der Waals surface area contributed by atoms with E-state index in [1.165, 1.54) is 6.42 Å². The van der Waals surface area contributed by atoms with Gasteiger partial charge in [-0.1, -0.05) is 13.8 Å². The number of hydrogen-bond acceptors (Lipinski definition) is 4. The van der Waals surface area contributed by atoms with Crippen molar-refractivity contribution in [2.24, 2.45) is 17.6 Å². The van der Waals surface area contributed by atoms with E-state index in [0.29, 0.717) is 29.4 Å². The zero-order valence-corrected chi connectivity index (χ0v) is 11.8. The maximum absolute atomic E-state index is 11.3. The highest BCUT2D eigenvalue weighted by molar-refractivity contribution is 5.91. The van der Waals surface area contributed by atoms with E-state index >= 15 is 0 Å². The molecule has 0 aromatic carbocycles. The first-order chi connectivity index (χ1) is 8.90. The Morgan fingerprint density at radius 3 is 2.68 bits per heavy atom. The topological polar surface area (TPSA) is 85.2 Å². The molecule has 1 fully saturated rings. The average Bonchev–Trinajstić information content (AvgIpc) is 2.34. The molecule has 1 amide bonds. The molecule has 1 aromatic rings. The van der Waals surface area contributed by atoms with Crippen molar-refractivity contribution in [3.8, 4) is 0 Å². The summed E-state index contributed by atoms with van der Waals surface area (Å²) in [7, 11) is 0. The van der Waals surface area contributed by atoms with E-state index in [-0.39, 0.29) is 5.69 Å². The number of hydrogen-bond donors (Lipinski definition) is 2. The van der Waals surface area contributed by atoms with Gasteiger partial charge in [-0.3, -0.25) is 4.79 Å². The molecule has 4 N–H and O–H groups in total. The Bertz CT molecular complexity index is 488. The molecule has 1 aliphatic rings. The Hall–Kier alpha value is -1.78. The summed E-state index contributed by atoms with van der Waals surface area (Å²) in [5, 5.41) is 0. The zero-order valence-electron chi connectivity index (χ0n) is 11.8. The maximum atomic E-state index is 11.3. The molecule has 2 rings (SSSR count). The molecule has 5 heteroatoms. The van der Waals surface area contributed by atoms with E-state index in [1.54, 1.807) is 12.1 Å². The van der Waals surface area contributed by atoms with Gasteiger partial charge in [0.1, 0.15) is 5.69 Å². The number of nitrogen functional groups attached to an aromatic ring is 1. The number of anilines is 2. The summed E-state index contributed by atoms with van der Waals surface area (Å²) in [6.45, 7) is 7.55. The molecule has 104 valence electrons. The number of amides is 1. The Morgan fingerprint density at radius 2 is 2.05 bits per heavy atom. The van der Waals surface area contributed by atoms with Crippen LogP contribution in [0.4, 0.5) is 11.5 Å². The average molecular weight is 262 g/mol. The van der Waals surface area contributed by atoms with Gasteiger partial charge in [0.15, 0.2) is 5.82 Å². The minimum absolute atomic E-state index is 0.266. The smallest absolute Gasteiger partial charge is 0.267 e. The lowest BCUT2D eigenvalue weighted by Gasteiger charge is -2.42. The lowest BCUT2D eigenvalue weighted by Crippen LogP contribution is -2.46. The third kappa shape index (κ3) is 2.64. The Balaban J connectivity index is 2.39. The molecule has 0 radical (unpaired) electrons. The zero-order chi connectivity index (χ0) is 14.2. The number of carbonyl (C=O) groups excluding carboxylic acids is 1. The third-order valence-corrected chi connectivity index (χ3v) is 4.03. The van der Waals surface area contributed by atoms with Crippen molar-refractivity contribution in [3.05, 3.63) is 17.8 Å². The fraction of sp³-hybridized carbons (Fsp3) is 0.571. The molecular weight excluding hydrogens is 240 g/mol. The van der Waals surface area contributed by atoms with Crippen LogP contribution in [0.1, 0.15) is 37.7 Å². The van der Waals surface area contributed by atoms with E-state index in [0.717, 1.165) is 6.54 Å². The van der Waals surface area contributed by atoms with Crippen molar-refractivity contribution in [3.63, 3.8) is 0 Å². The van der Waals surface area contributed by atoms with E-state index in [1.807, 2.05) is 0 Å². The molecule has 3 unspecified atom stereocenters. The Morgan fingerprint density at radius 1 is 1.37 bits per heavy atom. The van der Waals surface area contributed by atoms with Crippen LogP contribution >= 0.6 is 0 Å². The number of carbonyl (C=O) groups is 1. The largest absolute Gasteiger partial charge is 0.396 e. The van der Waals surface area contributed by atoms with E-state index in [9.17, 15) is 4.79 Å². The number of piperidine rings is 1. The number of pyridine rings is 1. The van der Waals surface area contributed by atoms with Crippen LogP contribution in [0.3, 0.4) is 0 Å². The van der Waals surface area contributed by atoms with Crippen LogP contribution in [0.2, 0.25) is 0 Å². The molecule has 0 spiro atoms. The predicted molar refractivity (Wildman–Crippen MR) is 76.9 cm³/mol. The second kappa shape index (κ2) is 5.07. The summed E-state index contributed by atoms with van der Waals surface area (Å²) < 4.78 is 0. The highest BCUT2D eigenvalue weighted by Crippen LogP contribution is 2.33. The van der Waals surface area contributed by atoms with Crippen LogP contribution in [-0.2, 0) is 0 Å². The standard InChI is InChI=1S/C14H22N4O/c1-8-6-9(2)10(3)18(7-8)14-11(15)4-5-12(17-14)13(16)19/h4-5,8-10H,6-7,15H2,1-3H3,(H2,16,19). The molecule has 1 aliphatic heterocycles. The number of nitrogens with zero attached hydrogens (tertiary/aromatic N) is 2. The minimum atomic E-state index is -0.521. The van der Waals surface area contributed by atoms with Gasteiger partial charge in [-0.15, -0.1) is 0 Å². The van der Waals surface area contributed by atoms with Gasteiger partial charge in [-0.25, -0.2) is 4.98 Å². The molecule has 2 heterocycles. The fourth-order valence-corrected chi connectivity index (χ4v) is 2.82. The summed E-state index contributed by atoms with van der Waals surface area (Å²) in [6.07, 6.45) is 1.20. The molecule has 5 nitrogen and oxygen atoms in total. The van der Waals surface area contributed by atoms with Crippen molar-refractivity contribution < 1.29 is 4.79 Å². The predicted octanol–water partition coefficient (Wildman–Crippen LogP) is 1.63. The summed E-state index contributed by atoms with van der Waals surface area (Å²) in [5.41, 5.74) is 12.2. The Kier molecular flexibility index (Phi) is 3.64. The van der Waals surface area contributed by atoms with Gasteiger partial charge in [0, 0.05) is 12.6 Å². The monoisotopic (exact) mass is 262 g/mol. The number of nitrogens with two attached hydrogens (primary N) is 2. The van der Waals surface area contributed by atoms with Crippen molar-refractivity contribution in [1.82, 2.24) is 4.98 Å². The first-order valence-corrected chi connectivity index (χ1v) is 6.73. The van der Waals surface area contributed by atoms with Gasteiger partial charge in [0.2, 0.25) is 0 Å². The summed E-state index contributed by atoms with van der Waals surface area (Å²) in [5.74, 6) is 1.32. The number of rotatable bonds is 2. The van der Waals surface area contributed by atoms with Gasteiger partial charge < -0.3 is 16.4 Å². The van der Waals surface area contributed by atoms with Gasteiger partial charge >= 0.3 is 0 Å². The first kappa shape index (κ1) is 13.6. The summed E-state index contributed by atoms with van der Waals surface area (Å²) >= 11 is 0. The van der Waals surface area contributed by atoms with Crippen molar-refractivity contribution in [2.45, 2.75) is 33.2 Å². The van der Waals surface area contributed by atoms with Crippen LogP contribution in [0.15, 0.2) is 12.1 Å². The van der Waals surface area contributed by atoms with Crippen LogP contribution in [0, 0.1) is 11.8 Å². The van der Waals surface area contributed by atoms with Gasteiger partial charge in [0.05, 0.1) is 5.69 Å². The molecule has 19 heavy (non-hydrogen) atoms. The lowest BCUT2D eigenvalue weighted by atomic mass is 9.86. The van der Waals surface area contributed by atoms with Gasteiger partial charge in [-0.05, 0) is 37.3 Å². The minimum Gasteiger partial charge on any atom is -0.396 e. The Labute approximate surface area is 114 Å². The fourth-order valence-electron chi connectivity index (χ4n) is 2.82. The van der Waals surface area contributed by atoms with Crippen LogP contribution < -0.4 is 16.4 Å². The molecule has 1 saturated heterocycles. The second-order valence-electron chi connectivity index (χ2n) is 5.68. The molecule has 0 bridgehead atoms. The molecule has 0 saturated carbocycles. The molecule has 3 atom stereocenters. The normalized spacial score (nSPS) is 27.3. The van der Waals surface area contributed by atoms with Crippen molar-refractivity contribution >= 4 is 17.4 Å². The van der Waals surface area contributed by atoms with E-state index in [2.05, 4.69) is 30.7 Å². The SMILES string of the molecule is CC1CC(C)C(C)N(c2nc(C(N)=O)ccc2N)C1. The second-order valence-corrected chi connectivity index (χ2v) is 5.68. The van der Waals surface area contributed by atoms with E-state index < -0.39 is 5.91 Å². The molecular formula is C14H22N4O. The first-order valence-electron chi connectivity index (χ1n) is 6.73.